The molecule has 0 radical (unpaired) electrons. The lowest BCUT2D eigenvalue weighted by atomic mass is 9.96. The summed E-state index contributed by atoms with van der Waals surface area (Å²) in [5.74, 6) is 1.05. The van der Waals surface area contributed by atoms with E-state index in [9.17, 15) is 0 Å². The van der Waals surface area contributed by atoms with Crippen molar-refractivity contribution in [2.45, 2.75) is 18.8 Å². The van der Waals surface area contributed by atoms with Gasteiger partial charge in [0.1, 0.15) is 0 Å². The molecule has 26 heavy (non-hydrogen) atoms. The van der Waals surface area contributed by atoms with Gasteiger partial charge in [0.25, 0.3) is 0 Å². The molecule has 0 spiro atoms. The number of ether oxygens (including phenoxy) is 2. The minimum Gasteiger partial charge on any atom is -0.381 e. The van der Waals surface area contributed by atoms with Gasteiger partial charge in [-0.25, -0.2) is 9.97 Å². The lowest BCUT2D eigenvalue weighted by Crippen LogP contribution is -2.36. The molecule has 2 fully saturated rings. The minimum absolute atomic E-state index is 0.444. The molecule has 2 aliphatic rings. The third kappa shape index (κ3) is 4.09. The molecule has 4 rings (SSSR count). The van der Waals surface area contributed by atoms with Crippen molar-refractivity contribution in [2.75, 3.05) is 49.7 Å². The van der Waals surface area contributed by atoms with Crippen molar-refractivity contribution >= 4 is 28.9 Å². The fourth-order valence-corrected chi connectivity index (χ4v) is 3.73. The fourth-order valence-electron chi connectivity index (χ4n) is 3.43. The molecule has 1 aromatic heterocycles. The van der Waals surface area contributed by atoms with Gasteiger partial charge in [0, 0.05) is 49.8 Å². The van der Waals surface area contributed by atoms with Crippen LogP contribution in [0.1, 0.15) is 24.5 Å². The normalized spacial score (nSPS) is 18.7. The Labute approximate surface area is 158 Å². The number of morpholine rings is 1. The monoisotopic (exact) mass is 374 g/mol. The summed E-state index contributed by atoms with van der Waals surface area (Å²) < 4.78 is 10.8. The van der Waals surface area contributed by atoms with Gasteiger partial charge in [-0.3, -0.25) is 0 Å². The Morgan fingerprint density at radius 1 is 1.04 bits per heavy atom. The molecule has 0 saturated carbocycles. The second kappa shape index (κ2) is 8.20. The van der Waals surface area contributed by atoms with Crippen molar-refractivity contribution in [1.82, 2.24) is 9.97 Å². The molecule has 1 aromatic carbocycles. The van der Waals surface area contributed by atoms with E-state index in [1.807, 2.05) is 30.5 Å². The zero-order valence-corrected chi connectivity index (χ0v) is 15.4. The quantitative estimate of drug-likeness (QED) is 0.882. The average molecular weight is 375 g/mol. The highest BCUT2D eigenvalue weighted by Gasteiger charge is 2.18. The summed E-state index contributed by atoms with van der Waals surface area (Å²) in [6.45, 7) is 4.81. The number of anilines is 3. The predicted molar refractivity (Wildman–Crippen MR) is 103 cm³/mol. The van der Waals surface area contributed by atoms with Crippen molar-refractivity contribution < 1.29 is 9.47 Å². The smallest absolute Gasteiger partial charge is 0.227 e. The standard InChI is InChI=1S/C19H23ClN4O2/c20-16-13-15(1-2-18(16)24-7-11-26-12-8-24)22-19-21-6-3-17(23-19)14-4-9-25-10-5-14/h1-3,6,13-14H,4-5,7-12H2,(H,21,22,23). The molecule has 0 atom stereocenters. The average Bonchev–Trinajstić information content (AvgIpc) is 2.70. The van der Waals surface area contributed by atoms with Crippen LogP contribution in [0.4, 0.5) is 17.3 Å². The number of hydrogen-bond donors (Lipinski definition) is 1. The molecule has 138 valence electrons. The van der Waals surface area contributed by atoms with Gasteiger partial charge in [-0.1, -0.05) is 11.6 Å². The van der Waals surface area contributed by atoms with Crippen LogP contribution in [0.15, 0.2) is 30.5 Å². The number of benzene rings is 1. The van der Waals surface area contributed by atoms with E-state index in [0.717, 1.165) is 74.5 Å². The summed E-state index contributed by atoms with van der Waals surface area (Å²) in [6.07, 6.45) is 3.83. The highest BCUT2D eigenvalue weighted by molar-refractivity contribution is 6.33. The zero-order chi connectivity index (χ0) is 17.8. The van der Waals surface area contributed by atoms with E-state index in [1.54, 1.807) is 0 Å². The largest absolute Gasteiger partial charge is 0.381 e. The van der Waals surface area contributed by atoms with Crippen LogP contribution in [0.2, 0.25) is 5.02 Å². The highest BCUT2D eigenvalue weighted by Crippen LogP contribution is 2.31. The van der Waals surface area contributed by atoms with Crippen LogP contribution in [0.25, 0.3) is 0 Å². The van der Waals surface area contributed by atoms with E-state index in [2.05, 4.69) is 20.2 Å². The number of halogens is 1. The highest BCUT2D eigenvalue weighted by atomic mass is 35.5. The third-order valence-corrected chi connectivity index (χ3v) is 5.18. The zero-order valence-electron chi connectivity index (χ0n) is 14.7. The SMILES string of the molecule is Clc1cc(Nc2nccc(C3CCOCC3)n2)ccc1N1CCOCC1. The first-order valence-corrected chi connectivity index (χ1v) is 9.47. The Balaban J connectivity index is 1.47. The molecule has 3 heterocycles. The van der Waals surface area contributed by atoms with E-state index >= 15 is 0 Å². The van der Waals surface area contributed by atoms with Gasteiger partial charge in [0.05, 0.1) is 23.9 Å². The lowest BCUT2D eigenvalue weighted by molar-refractivity contribution is 0.0845. The number of rotatable bonds is 4. The van der Waals surface area contributed by atoms with Crippen LogP contribution in [-0.2, 0) is 9.47 Å². The van der Waals surface area contributed by atoms with Crippen LogP contribution in [0, 0.1) is 0 Å². The number of nitrogens with zero attached hydrogens (tertiary/aromatic N) is 3. The van der Waals surface area contributed by atoms with Gasteiger partial charge in [-0.15, -0.1) is 0 Å². The van der Waals surface area contributed by atoms with Crippen molar-refractivity contribution in [2.24, 2.45) is 0 Å². The molecular formula is C19H23ClN4O2. The van der Waals surface area contributed by atoms with E-state index < -0.39 is 0 Å². The summed E-state index contributed by atoms with van der Waals surface area (Å²) in [6, 6.07) is 7.98. The first-order valence-electron chi connectivity index (χ1n) is 9.09. The maximum Gasteiger partial charge on any atom is 0.227 e. The van der Waals surface area contributed by atoms with Crippen LogP contribution >= 0.6 is 11.6 Å². The summed E-state index contributed by atoms with van der Waals surface area (Å²) in [5.41, 5.74) is 3.00. The number of nitrogens with one attached hydrogen (secondary N) is 1. The summed E-state index contributed by atoms with van der Waals surface area (Å²) in [4.78, 5) is 11.3. The molecule has 0 unspecified atom stereocenters. The van der Waals surface area contributed by atoms with Gasteiger partial charge < -0.3 is 19.7 Å². The van der Waals surface area contributed by atoms with E-state index in [0.29, 0.717) is 11.9 Å². The summed E-state index contributed by atoms with van der Waals surface area (Å²) >= 11 is 6.50. The Hall–Kier alpha value is -1.89. The predicted octanol–water partition coefficient (Wildman–Crippen LogP) is 3.60. The minimum atomic E-state index is 0.444. The third-order valence-electron chi connectivity index (χ3n) is 4.87. The van der Waals surface area contributed by atoms with Gasteiger partial charge in [-0.05, 0) is 37.1 Å². The van der Waals surface area contributed by atoms with Crippen molar-refractivity contribution in [3.8, 4) is 0 Å². The maximum atomic E-state index is 6.50. The van der Waals surface area contributed by atoms with E-state index in [-0.39, 0.29) is 0 Å². The summed E-state index contributed by atoms with van der Waals surface area (Å²) in [7, 11) is 0. The molecule has 1 N–H and O–H groups in total. The van der Waals surface area contributed by atoms with Crippen LogP contribution < -0.4 is 10.2 Å². The van der Waals surface area contributed by atoms with Crippen LogP contribution in [0.3, 0.4) is 0 Å². The second-order valence-corrected chi connectivity index (χ2v) is 6.99. The fraction of sp³-hybridized carbons (Fsp3) is 0.474. The molecular weight excluding hydrogens is 352 g/mol. The van der Waals surface area contributed by atoms with Crippen molar-refractivity contribution in [3.05, 3.63) is 41.2 Å². The molecule has 0 amide bonds. The number of aromatic nitrogens is 2. The van der Waals surface area contributed by atoms with Crippen molar-refractivity contribution in [3.63, 3.8) is 0 Å². The van der Waals surface area contributed by atoms with Crippen molar-refractivity contribution in [1.29, 1.82) is 0 Å². The number of hydrogen-bond acceptors (Lipinski definition) is 6. The van der Waals surface area contributed by atoms with Gasteiger partial charge >= 0.3 is 0 Å². The molecule has 6 nitrogen and oxygen atoms in total. The van der Waals surface area contributed by atoms with Gasteiger partial charge in [0.2, 0.25) is 5.95 Å². The Morgan fingerprint density at radius 2 is 1.81 bits per heavy atom. The maximum absolute atomic E-state index is 6.50. The first kappa shape index (κ1) is 17.5. The molecule has 0 bridgehead atoms. The van der Waals surface area contributed by atoms with Gasteiger partial charge in [0.15, 0.2) is 0 Å². The van der Waals surface area contributed by atoms with Gasteiger partial charge in [-0.2, -0.15) is 0 Å². The Kier molecular flexibility index (Phi) is 5.53. The van der Waals surface area contributed by atoms with Crippen LogP contribution in [0.5, 0.6) is 0 Å². The Morgan fingerprint density at radius 3 is 2.58 bits per heavy atom. The first-order chi connectivity index (χ1) is 12.8. The van der Waals surface area contributed by atoms with Crippen LogP contribution in [-0.4, -0.2) is 49.5 Å². The second-order valence-electron chi connectivity index (χ2n) is 6.58. The van der Waals surface area contributed by atoms with E-state index in [1.165, 1.54) is 0 Å². The summed E-state index contributed by atoms with van der Waals surface area (Å²) in [5, 5.41) is 3.99. The Bertz CT molecular complexity index is 746. The molecule has 2 saturated heterocycles. The topological polar surface area (TPSA) is 59.5 Å². The lowest BCUT2D eigenvalue weighted by Gasteiger charge is -2.29. The molecule has 2 aliphatic heterocycles. The molecule has 0 aliphatic carbocycles. The van der Waals surface area contributed by atoms with E-state index in [4.69, 9.17) is 21.1 Å². The molecule has 7 heteroatoms. The molecule has 2 aromatic rings.